The number of aromatic nitrogens is 3. The second kappa shape index (κ2) is 9.34. The molecule has 2 heterocycles. The van der Waals surface area contributed by atoms with Gasteiger partial charge in [-0.05, 0) is 75.0 Å². The second-order valence-corrected chi connectivity index (χ2v) is 8.75. The standard InChI is InChI=1S/C23H27N5O2S/c1-6-23(4,5)25-21(29)20(17-9-7-8-12-24-17)28(22(30)18-14-31-27-26-18)19-13-15(2)10-11-16(19)3/h7-14,20H,6H2,1-5H3,(H,25,29). The van der Waals surface area contributed by atoms with Crippen molar-refractivity contribution in [1.82, 2.24) is 19.9 Å². The van der Waals surface area contributed by atoms with Gasteiger partial charge in [-0.3, -0.25) is 19.5 Å². The van der Waals surface area contributed by atoms with Gasteiger partial charge in [0.15, 0.2) is 11.7 Å². The number of carbonyl (C=O) groups excluding carboxylic acids is 2. The molecule has 0 spiro atoms. The first-order chi connectivity index (χ1) is 14.7. The van der Waals surface area contributed by atoms with Gasteiger partial charge in [-0.1, -0.05) is 29.6 Å². The Hall–Kier alpha value is -3.13. The summed E-state index contributed by atoms with van der Waals surface area (Å²) in [6.45, 7) is 9.78. The van der Waals surface area contributed by atoms with Crippen LogP contribution in [0.25, 0.3) is 0 Å². The largest absolute Gasteiger partial charge is 0.349 e. The highest BCUT2D eigenvalue weighted by Crippen LogP contribution is 2.32. The van der Waals surface area contributed by atoms with Crippen LogP contribution in [0.1, 0.15) is 60.5 Å². The molecule has 0 bridgehead atoms. The minimum absolute atomic E-state index is 0.189. The van der Waals surface area contributed by atoms with Crippen molar-refractivity contribution < 1.29 is 9.59 Å². The SMILES string of the molecule is CCC(C)(C)NC(=O)C(c1ccccn1)N(C(=O)c1csnn1)c1cc(C)ccc1C. The summed E-state index contributed by atoms with van der Waals surface area (Å²) in [5.74, 6) is -0.703. The lowest BCUT2D eigenvalue weighted by molar-refractivity contribution is -0.124. The van der Waals surface area contributed by atoms with Crippen molar-refractivity contribution in [1.29, 1.82) is 0 Å². The first kappa shape index (κ1) is 22.6. The first-order valence-corrected chi connectivity index (χ1v) is 11.0. The van der Waals surface area contributed by atoms with Gasteiger partial charge in [0.2, 0.25) is 5.91 Å². The van der Waals surface area contributed by atoms with Gasteiger partial charge < -0.3 is 5.32 Å². The van der Waals surface area contributed by atoms with Gasteiger partial charge in [0.25, 0.3) is 5.91 Å². The zero-order valence-corrected chi connectivity index (χ0v) is 19.2. The molecule has 7 nitrogen and oxygen atoms in total. The Labute approximate surface area is 186 Å². The maximum absolute atomic E-state index is 13.6. The predicted octanol–water partition coefficient (Wildman–Crippen LogP) is 4.24. The van der Waals surface area contributed by atoms with Crippen molar-refractivity contribution in [2.75, 3.05) is 4.90 Å². The van der Waals surface area contributed by atoms with Crippen molar-refractivity contribution in [3.05, 3.63) is 70.5 Å². The van der Waals surface area contributed by atoms with Gasteiger partial charge in [0.1, 0.15) is 0 Å². The molecule has 1 N–H and O–H groups in total. The van der Waals surface area contributed by atoms with Crippen LogP contribution in [-0.4, -0.2) is 31.9 Å². The number of anilines is 1. The normalized spacial score (nSPS) is 12.3. The highest BCUT2D eigenvalue weighted by molar-refractivity contribution is 7.03. The van der Waals surface area contributed by atoms with E-state index in [0.29, 0.717) is 11.4 Å². The summed E-state index contributed by atoms with van der Waals surface area (Å²) in [4.78, 5) is 33.2. The van der Waals surface area contributed by atoms with Crippen LogP contribution in [0.2, 0.25) is 0 Å². The predicted molar refractivity (Wildman–Crippen MR) is 122 cm³/mol. The highest BCUT2D eigenvalue weighted by Gasteiger charge is 2.37. The number of amides is 2. The third-order valence-corrected chi connectivity index (χ3v) is 5.75. The second-order valence-electron chi connectivity index (χ2n) is 8.14. The number of carbonyl (C=O) groups is 2. The lowest BCUT2D eigenvalue weighted by atomic mass is 9.99. The zero-order valence-electron chi connectivity index (χ0n) is 18.4. The van der Waals surface area contributed by atoms with Gasteiger partial charge in [-0.25, -0.2) is 0 Å². The van der Waals surface area contributed by atoms with Gasteiger partial charge in [0, 0.05) is 22.8 Å². The van der Waals surface area contributed by atoms with Crippen molar-refractivity contribution in [3.63, 3.8) is 0 Å². The molecule has 0 saturated carbocycles. The summed E-state index contributed by atoms with van der Waals surface area (Å²) < 4.78 is 3.84. The molecule has 1 aromatic carbocycles. The molecule has 0 aliphatic rings. The molecule has 0 fully saturated rings. The van der Waals surface area contributed by atoms with Crippen LogP contribution >= 0.6 is 11.5 Å². The molecule has 1 unspecified atom stereocenters. The Bertz CT molecular complexity index is 1050. The summed E-state index contributed by atoms with van der Waals surface area (Å²) >= 11 is 1.09. The van der Waals surface area contributed by atoms with Crippen LogP contribution in [0.5, 0.6) is 0 Å². The number of nitrogens with zero attached hydrogens (tertiary/aromatic N) is 4. The van der Waals surface area contributed by atoms with Crippen molar-refractivity contribution in [3.8, 4) is 0 Å². The molecule has 0 radical (unpaired) electrons. The van der Waals surface area contributed by atoms with Gasteiger partial charge >= 0.3 is 0 Å². The Morgan fingerprint density at radius 1 is 1.19 bits per heavy atom. The van der Waals surface area contributed by atoms with Crippen LogP contribution in [0.3, 0.4) is 0 Å². The molecule has 3 aromatic rings. The first-order valence-electron chi connectivity index (χ1n) is 10.1. The summed E-state index contributed by atoms with van der Waals surface area (Å²) in [6.07, 6.45) is 2.36. The quantitative estimate of drug-likeness (QED) is 0.597. The fourth-order valence-electron chi connectivity index (χ4n) is 3.14. The lowest BCUT2D eigenvalue weighted by Crippen LogP contribution is -2.51. The molecule has 162 valence electrons. The number of aryl methyl sites for hydroxylation is 2. The molecule has 31 heavy (non-hydrogen) atoms. The Morgan fingerprint density at radius 3 is 2.58 bits per heavy atom. The Balaban J connectivity index is 2.20. The molecule has 0 saturated heterocycles. The number of hydrogen-bond donors (Lipinski definition) is 1. The monoisotopic (exact) mass is 437 g/mol. The van der Waals surface area contributed by atoms with E-state index in [1.165, 1.54) is 4.90 Å². The van der Waals surface area contributed by atoms with Crippen LogP contribution in [0, 0.1) is 13.8 Å². The fraction of sp³-hybridized carbons (Fsp3) is 0.348. The molecule has 0 aliphatic heterocycles. The fourth-order valence-corrected chi connectivity index (χ4v) is 3.57. The van der Waals surface area contributed by atoms with E-state index in [9.17, 15) is 9.59 Å². The van der Waals surface area contributed by atoms with E-state index in [4.69, 9.17) is 0 Å². The molecule has 2 aromatic heterocycles. The Kier molecular flexibility index (Phi) is 6.80. The smallest absolute Gasteiger partial charge is 0.280 e. The summed E-state index contributed by atoms with van der Waals surface area (Å²) in [6, 6.07) is 10.2. The van der Waals surface area contributed by atoms with Crippen molar-refractivity contribution in [2.24, 2.45) is 0 Å². The summed E-state index contributed by atoms with van der Waals surface area (Å²) in [5, 5.41) is 8.64. The third kappa shape index (κ3) is 5.14. The van der Waals surface area contributed by atoms with Crippen molar-refractivity contribution in [2.45, 2.75) is 52.6 Å². The molecular weight excluding hydrogens is 410 g/mol. The minimum atomic E-state index is -0.971. The summed E-state index contributed by atoms with van der Waals surface area (Å²) in [7, 11) is 0. The van der Waals surface area contributed by atoms with Crippen LogP contribution in [0.15, 0.2) is 48.0 Å². The zero-order chi connectivity index (χ0) is 22.6. The summed E-state index contributed by atoms with van der Waals surface area (Å²) in [5.41, 5.74) is 2.70. The maximum atomic E-state index is 13.6. The topological polar surface area (TPSA) is 88.1 Å². The van der Waals surface area contributed by atoms with Crippen LogP contribution in [-0.2, 0) is 4.79 Å². The maximum Gasteiger partial charge on any atom is 0.280 e. The molecule has 0 aliphatic carbocycles. The van der Waals surface area contributed by atoms with E-state index in [1.54, 1.807) is 23.7 Å². The van der Waals surface area contributed by atoms with E-state index in [0.717, 1.165) is 29.1 Å². The number of hydrogen-bond acceptors (Lipinski definition) is 6. The molecule has 3 rings (SSSR count). The molecule has 1 atom stereocenters. The average Bonchev–Trinajstić information content (AvgIpc) is 3.28. The molecular formula is C23H27N5O2S. The van der Waals surface area contributed by atoms with Gasteiger partial charge in [0.05, 0.1) is 5.69 Å². The number of rotatable bonds is 7. The van der Waals surface area contributed by atoms with E-state index in [1.807, 2.05) is 58.9 Å². The lowest BCUT2D eigenvalue weighted by Gasteiger charge is -2.34. The Morgan fingerprint density at radius 2 is 1.97 bits per heavy atom. The van der Waals surface area contributed by atoms with E-state index >= 15 is 0 Å². The third-order valence-electron chi connectivity index (χ3n) is 5.24. The highest BCUT2D eigenvalue weighted by atomic mass is 32.1. The number of benzene rings is 1. The van der Waals surface area contributed by atoms with Crippen LogP contribution < -0.4 is 10.2 Å². The number of pyridine rings is 1. The minimum Gasteiger partial charge on any atom is -0.349 e. The van der Waals surface area contributed by atoms with Gasteiger partial charge in [-0.2, -0.15) is 0 Å². The van der Waals surface area contributed by atoms with Gasteiger partial charge in [-0.15, -0.1) is 5.10 Å². The van der Waals surface area contributed by atoms with Crippen molar-refractivity contribution >= 4 is 29.0 Å². The van der Waals surface area contributed by atoms with E-state index < -0.39 is 17.5 Å². The van der Waals surface area contributed by atoms with Crippen LogP contribution in [0.4, 0.5) is 5.69 Å². The average molecular weight is 438 g/mol. The van der Waals surface area contributed by atoms with E-state index in [-0.39, 0.29) is 11.6 Å². The molecule has 8 heteroatoms. The molecule has 2 amide bonds. The number of nitrogens with one attached hydrogen (secondary N) is 1. The van der Waals surface area contributed by atoms with E-state index in [2.05, 4.69) is 19.9 Å².